The van der Waals surface area contributed by atoms with Gasteiger partial charge < -0.3 is 15.3 Å². The van der Waals surface area contributed by atoms with E-state index in [1.165, 1.54) is 6.08 Å². The molecule has 0 amide bonds. The van der Waals surface area contributed by atoms with Gasteiger partial charge in [0, 0.05) is 17.3 Å². The van der Waals surface area contributed by atoms with Crippen LogP contribution in [0, 0.1) is 0 Å². The SMILES string of the molecule is Nc1ccccc1-c1ccc(/C=C/C(=O)O)o1. The highest BCUT2D eigenvalue weighted by Gasteiger charge is 2.05. The molecule has 86 valence electrons. The Bertz CT molecular complexity index is 570. The topological polar surface area (TPSA) is 76.5 Å². The van der Waals surface area contributed by atoms with Gasteiger partial charge in [-0.05, 0) is 30.3 Å². The molecule has 4 heteroatoms. The summed E-state index contributed by atoms with van der Waals surface area (Å²) in [5, 5.41) is 8.49. The predicted molar refractivity (Wildman–Crippen MR) is 65.2 cm³/mol. The first kappa shape index (κ1) is 11.0. The second-order valence-corrected chi connectivity index (χ2v) is 3.46. The van der Waals surface area contributed by atoms with Crippen molar-refractivity contribution in [2.45, 2.75) is 0 Å². The number of rotatable bonds is 3. The third kappa shape index (κ3) is 2.55. The Morgan fingerprint density at radius 3 is 2.71 bits per heavy atom. The third-order valence-electron chi connectivity index (χ3n) is 2.24. The van der Waals surface area contributed by atoms with E-state index in [4.69, 9.17) is 15.3 Å². The molecule has 0 radical (unpaired) electrons. The fourth-order valence-corrected chi connectivity index (χ4v) is 1.46. The lowest BCUT2D eigenvalue weighted by atomic mass is 10.1. The van der Waals surface area contributed by atoms with Crippen LogP contribution in [0.5, 0.6) is 0 Å². The highest BCUT2D eigenvalue weighted by atomic mass is 16.4. The normalized spacial score (nSPS) is 10.8. The summed E-state index contributed by atoms with van der Waals surface area (Å²) in [6.07, 6.45) is 2.42. The Hall–Kier alpha value is -2.49. The molecule has 2 aromatic rings. The third-order valence-corrected chi connectivity index (χ3v) is 2.24. The largest absolute Gasteiger partial charge is 0.478 e. The highest BCUT2D eigenvalue weighted by Crippen LogP contribution is 2.27. The van der Waals surface area contributed by atoms with E-state index in [0.29, 0.717) is 17.2 Å². The fourth-order valence-electron chi connectivity index (χ4n) is 1.46. The number of carboxylic acid groups (broad SMARTS) is 1. The van der Waals surface area contributed by atoms with Gasteiger partial charge in [0.25, 0.3) is 0 Å². The summed E-state index contributed by atoms with van der Waals surface area (Å²) < 4.78 is 5.47. The van der Waals surface area contributed by atoms with E-state index < -0.39 is 5.97 Å². The van der Waals surface area contributed by atoms with Crippen LogP contribution in [-0.2, 0) is 4.79 Å². The molecule has 0 saturated carbocycles. The van der Waals surface area contributed by atoms with E-state index in [9.17, 15) is 4.79 Å². The Balaban J connectivity index is 2.30. The molecule has 2 rings (SSSR count). The molecule has 17 heavy (non-hydrogen) atoms. The average Bonchev–Trinajstić information content (AvgIpc) is 2.75. The van der Waals surface area contributed by atoms with Crippen molar-refractivity contribution in [3.63, 3.8) is 0 Å². The van der Waals surface area contributed by atoms with E-state index in [1.807, 2.05) is 18.2 Å². The molecule has 0 aliphatic heterocycles. The lowest BCUT2D eigenvalue weighted by molar-refractivity contribution is -0.131. The molecule has 0 spiro atoms. The Kier molecular flexibility index (Phi) is 2.96. The smallest absolute Gasteiger partial charge is 0.328 e. The maximum absolute atomic E-state index is 10.4. The fraction of sp³-hybridized carbons (Fsp3) is 0. The van der Waals surface area contributed by atoms with Crippen LogP contribution in [0.4, 0.5) is 5.69 Å². The molecule has 0 unspecified atom stereocenters. The molecule has 0 bridgehead atoms. The molecule has 0 saturated heterocycles. The summed E-state index contributed by atoms with van der Waals surface area (Å²) in [5.41, 5.74) is 7.23. The number of para-hydroxylation sites is 1. The summed E-state index contributed by atoms with van der Waals surface area (Å²) in [7, 11) is 0. The number of aliphatic carboxylic acids is 1. The first-order valence-electron chi connectivity index (χ1n) is 5.02. The molecule has 0 aliphatic rings. The summed E-state index contributed by atoms with van der Waals surface area (Å²) in [6.45, 7) is 0. The van der Waals surface area contributed by atoms with Gasteiger partial charge >= 0.3 is 5.97 Å². The van der Waals surface area contributed by atoms with Gasteiger partial charge in [-0.15, -0.1) is 0 Å². The van der Waals surface area contributed by atoms with Gasteiger partial charge in [-0.1, -0.05) is 12.1 Å². The van der Waals surface area contributed by atoms with Crippen LogP contribution in [0.3, 0.4) is 0 Å². The monoisotopic (exact) mass is 229 g/mol. The number of nitrogens with two attached hydrogens (primary N) is 1. The first-order chi connectivity index (χ1) is 8.16. The van der Waals surface area contributed by atoms with Gasteiger partial charge in [-0.3, -0.25) is 0 Å². The summed E-state index contributed by atoms with van der Waals surface area (Å²) >= 11 is 0. The second-order valence-electron chi connectivity index (χ2n) is 3.46. The van der Waals surface area contributed by atoms with E-state index >= 15 is 0 Å². The van der Waals surface area contributed by atoms with Crippen LogP contribution in [0.15, 0.2) is 46.9 Å². The van der Waals surface area contributed by atoms with Crippen LogP contribution in [0.2, 0.25) is 0 Å². The summed E-state index contributed by atoms with van der Waals surface area (Å²) in [4.78, 5) is 10.4. The van der Waals surface area contributed by atoms with E-state index in [1.54, 1.807) is 18.2 Å². The average molecular weight is 229 g/mol. The van der Waals surface area contributed by atoms with Gasteiger partial charge in [0.1, 0.15) is 11.5 Å². The summed E-state index contributed by atoms with van der Waals surface area (Å²) in [6, 6.07) is 10.8. The van der Waals surface area contributed by atoms with Gasteiger partial charge in [0.05, 0.1) is 0 Å². The molecule has 0 aliphatic carbocycles. The molecular weight excluding hydrogens is 218 g/mol. The van der Waals surface area contributed by atoms with Gasteiger partial charge in [0.2, 0.25) is 0 Å². The Labute approximate surface area is 98.0 Å². The van der Waals surface area contributed by atoms with Crippen molar-refractivity contribution in [1.82, 2.24) is 0 Å². The Morgan fingerprint density at radius 1 is 1.24 bits per heavy atom. The molecule has 3 N–H and O–H groups in total. The minimum Gasteiger partial charge on any atom is -0.478 e. The lowest BCUT2D eigenvalue weighted by Gasteiger charge is -2.00. The Morgan fingerprint density at radius 2 is 2.00 bits per heavy atom. The maximum Gasteiger partial charge on any atom is 0.328 e. The van der Waals surface area contributed by atoms with Crippen LogP contribution in [0.25, 0.3) is 17.4 Å². The molecule has 1 heterocycles. The van der Waals surface area contributed by atoms with Gasteiger partial charge in [-0.25, -0.2) is 4.79 Å². The quantitative estimate of drug-likeness (QED) is 0.626. The van der Waals surface area contributed by atoms with Crippen molar-refractivity contribution in [1.29, 1.82) is 0 Å². The lowest BCUT2D eigenvalue weighted by Crippen LogP contribution is -1.87. The zero-order valence-corrected chi connectivity index (χ0v) is 8.96. The highest BCUT2D eigenvalue weighted by molar-refractivity contribution is 5.85. The van der Waals surface area contributed by atoms with Crippen LogP contribution >= 0.6 is 0 Å². The predicted octanol–water partition coefficient (Wildman–Crippen LogP) is 2.63. The number of hydrogen-bond acceptors (Lipinski definition) is 3. The number of furan rings is 1. The minimum absolute atomic E-state index is 0.477. The molecule has 0 fully saturated rings. The number of carbonyl (C=O) groups is 1. The number of carboxylic acids is 1. The number of anilines is 1. The zero-order chi connectivity index (χ0) is 12.3. The van der Waals surface area contributed by atoms with Crippen molar-refractivity contribution in [2.75, 3.05) is 5.73 Å². The van der Waals surface area contributed by atoms with Crippen molar-refractivity contribution >= 4 is 17.7 Å². The van der Waals surface area contributed by atoms with Gasteiger partial charge in [0.15, 0.2) is 0 Å². The summed E-state index contributed by atoms with van der Waals surface area (Å²) in [5.74, 6) is 0.0842. The van der Waals surface area contributed by atoms with E-state index in [0.717, 1.165) is 11.6 Å². The first-order valence-corrected chi connectivity index (χ1v) is 5.02. The molecule has 1 aromatic carbocycles. The van der Waals surface area contributed by atoms with E-state index in [-0.39, 0.29) is 0 Å². The molecule has 1 aromatic heterocycles. The number of hydrogen-bond donors (Lipinski definition) is 2. The second kappa shape index (κ2) is 4.57. The van der Waals surface area contributed by atoms with Crippen molar-refractivity contribution < 1.29 is 14.3 Å². The molecular formula is C13H11NO3. The van der Waals surface area contributed by atoms with Gasteiger partial charge in [-0.2, -0.15) is 0 Å². The van der Waals surface area contributed by atoms with Crippen LogP contribution in [0.1, 0.15) is 5.76 Å². The minimum atomic E-state index is -1.01. The van der Waals surface area contributed by atoms with Crippen molar-refractivity contribution in [2.24, 2.45) is 0 Å². The molecule has 4 nitrogen and oxygen atoms in total. The zero-order valence-electron chi connectivity index (χ0n) is 8.96. The standard InChI is InChI=1S/C13H11NO3/c14-11-4-2-1-3-10(11)12-7-5-9(17-12)6-8-13(15)16/h1-8H,14H2,(H,15,16)/b8-6+. The maximum atomic E-state index is 10.4. The van der Waals surface area contributed by atoms with Crippen LogP contribution in [-0.4, -0.2) is 11.1 Å². The number of nitrogen functional groups attached to an aromatic ring is 1. The van der Waals surface area contributed by atoms with Crippen LogP contribution < -0.4 is 5.73 Å². The van der Waals surface area contributed by atoms with Crippen molar-refractivity contribution in [3.8, 4) is 11.3 Å². The van der Waals surface area contributed by atoms with Crippen molar-refractivity contribution in [3.05, 3.63) is 48.2 Å². The molecule has 0 atom stereocenters. The van der Waals surface area contributed by atoms with E-state index in [2.05, 4.69) is 0 Å². The number of benzene rings is 1.